The molecule has 0 aliphatic rings. The Morgan fingerprint density at radius 1 is 0.643 bits per heavy atom. The van der Waals surface area contributed by atoms with Crippen molar-refractivity contribution in [1.29, 1.82) is 0 Å². The zero-order valence-electron chi connectivity index (χ0n) is 15.6. The van der Waals surface area contributed by atoms with Crippen LogP contribution in [0.3, 0.4) is 0 Å². The number of hydrogen-bond donors (Lipinski definition) is 0. The van der Waals surface area contributed by atoms with E-state index in [4.69, 9.17) is 0 Å². The molecule has 1 heterocycles. The average Bonchev–Trinajstić information content (AvgIpc) is 2.75. The second kappa shape index (κ2) is 7.14. The molecule has 0 amide bonds. The van der Waals surface area contributed by atoms with Crippen LogP contribution in [0.1, 0.15) is 5.56 Å². The maximum atomic E-state index is 4.47. The van der Waals surface area contributed by atoms with Gasteiger partial charge in [-0.25, -0.2) is 0 Å². The molecular formula is C26H19NS. The molecule has 5 aromatic rings. The lowest BCUT2D eigenvalue weighted by Gasteiger charge is -2.17. The highest BCUT2D eigenvalue weighted by molar-refractivity contribution is 7.99. The molecule has 0 unspecified atom stereocenters. The van der Waals surface area contributed by atoms with Gasteiger partial charge in [0.1, 0.15) is 0 Å². The molecule has 5 rings (SSSR count). The molecule has 0 aliphatic carbocycles. The first-order chi connectivity index (χ1) is 13.8. The van der Waals surface area contributed by atoms with Crippen molar-refractivity contribution in [2.24, 2.45) is 0 Å². The Morgan fingerprint density at radius 3 is 2.14 bits per heavy atom. The molecule has 1 aromatic heterocycles. The predicted octanol–water partition coefficient (Wildman–Crippen LogP) is 7.51. The van der Waals surface area contributed by atoms with E-state index < -0.39 is 0 Å². The Balaban J connectivity index is 1.90. The highest BCUT2D eigenvalue weighted by atomic mass is 32.2. The van der Waals surface area contributed by atoms with Gasteiger partial charge in [0.25, 0.3) is 0 Å². The van der Waals surface area contributed by atoms with E-state index >= 15 is 0 Å². The summed E-state index contributed by atoms with van der Waals surface area (Å²) in [5.41, 5.74) is 3.82. The zero-order valence-corrected chi connectivity index (χ0v) is 16.4. The molecule has 134 valence electrons. The molecule has 28 heavy (non-hydrogen) atoms. The minimum absolute atomic E-state index is 1.20. The number of benzene rings is 4. The Labute approximate surface area is 169 Å². The van der Waals surface area contributed by atoms with Crippen LogP contribution in [0.15, 0.2) is 107 Å². The maximum Gasteiger partial charge on any atom is 0.0353 e. The summed E-state index contributed by atoms with van der Waals surface area (Å²) >= 11 is 1.83. The van der Waals surface area contributed by atoms with Gasteiger partial charge in [-0.2, -0.15) is 0 Å². The van der Waals surface area contributed by atoms with Crippen LogP contribution in [0.25, 0.3) is 32.7 Å². The molecule has 0 bridgehead atoms. The van der Waals surface area contributed by atoms with E-state index in [9.17, 15) is 0 Å². The van der Waals surface area contributed by atoms with E-state index in [2.05, 4.69) is 96.8 Å². The Morgan fingerprint density at radius 2 is 1.32 bits per heavy atom. The Kier molecular flexibility index (Phi) is 4.34. The van der Waals surface area contributed by atoms with Gasteiger partial charge in [-0.3, -0.25) is 4.98 Å². The minimum Gasteiger partial charge on any atom is -0.264 e. The molecule has 0 radical (unpaired) electrons. The standard InChI is InChI=1S/C26H19NS/c1-18-9-5-6-12-20(18)25-21-13-7-8-14-22(21)26(23-15-16-27-17-24(23)25)28-19-10-3-2-4-11-19/h2-17H,1H3. The number of aryl methyl sites for hydroxylation is 1. The van der Waals surface area contributed by atoms with E-state index in [0.717, 1.165) is 0 Å². The van der Waals surface area contributed by atoms with Crippen molar-refractivity contribution < 1.29 is 0 Å². The van der Waals surface area contributed by atoms with Gasteiger partial charge in [-0.05, 0) is 58.0 Å². The molecule has 0 N–H and O–H groups in total. The van der Waals surface area contributed by atoms with E-state index in [1.54, 1.807) is 0 Å². The second-order valence-corrected chi connectivity index (χ2v) is 7.98. The number of rotatable bonds is 3. The topological polar surface area (TPSA) is 12.9 Å². The first-order valence-corrected chi connectivity index (χ1v) is 10.2. The number of nitrogens with zero attached hydrogens (tertiary/aromatic N) is 1. The molecule has 0 fully saturated rings. The quantitative estimate of drug-likeness (QED) is 0.302. The SMILES string of the molecule is Cc1ccccc1-c1c2ccccc2c(Sc2ccccc2)c2ccncc12. The van der Waals surface area contributed by atoms with Crippen molar-refractivity contribution in [2.75, 3.05) is 0 Å². The van der Waals surface area contributed by atoms with Crippen LogP contribution >= 0.6 is 11.8 Å². The highest BCUT2D eigenvalue weighted by Crippen LogP contribution is 2.45. The largest absolute Gasteiger partial charge is 0.264 e. The van der Waals surface area contributed by atoms with Crippen LogP contribution in [0.4, 0.5) is 0 Å². The molecule has 1 nitrogen and oxygen atoms in total. The fraction of sp³-hybridized carbons (Fsp3) is 0.0385. The van der Waals surface area contributed by atoms with Crippen molar-refractivity contribution in [3.63, 3.8) is 0 Å². The Hall–Kier alpha value is -3.10. The molecule has 0 spiro atoms. The normalized spacial score (nSPS) is 11.2. The van der Waals surface area contributed by atoms with Crippen molar-refractivity contribution >= 4 is 33.3 Å². The number of hydrogen-bond acceptors (Lipinski definition) is 2. The third kappa shape index (κ3) is 2.87. The summed E-state index contributed by atoms with van der Waals surface area (Å²) in [5.74, 6) is 0. The molecule has 4 aromatic carbocycles. The summed E-state index contributed by atoms with van der Waals surface area (Å²) in [6.45, 7) is 2.18. The van der Waals surface area contributed by atoms with E-state index in [1.165, 1.54) is 48.0 Å². The minimum atomic E-state index is 1.20. The highest BCUT2D eigenvalue weighted by Gasteiger charge is 2.17. The van der Waals surface area contributed by atoms with Crippen LogP contribution in [-0.2, 0) is 0 Å². The zero-order chi connectivity index (χ0) is 18.9. The van der Waals surface area contributed by atoms with Gasteiger partial charge >= 0.3 is 0 Å². The van der Waals surface area contributed by atoms with Crippen molar-refractivity contribution in [1.82, 2.24) is 4.98 Å². The molecular weight excluding hydrogens is 358 g/mol. The lowest BCUT2D eigenvalue weighted by Crippen LogP contribution is -1.91. The fourth-order valence-electron chi connectivity index (χ4n) is 3.84. The van der Waals surface area contributed by atoms with Crippen molar-refractivity contribution in [3.8, 4) is 11.1 Å². The molecule has 0 saturated heterocycles. The van der Waals surface area contributed by atoms with Gasteiger partial charge in [-0.1, -0.05) is 78.5 Å². The van der Waals surface area contributed by atoms with Crippen LogP contribution in [0.2, 0.25) is 0 Å². The number of fused-ring (bicyclic) bond motifs is 2. The third-order valence-corrected chi connectivity index (χ3v) is 6.31. The van der Waals surface area contributed by atoms with E-state index in [-0.39, 0.29) is 0 Å². The second-order valence-electron chi connectivity index (χ2n) is 6.90. The maximum absolute atomic E-state index is 4.47. The summed E-state index contributed by atoms with van der Waals surface area (Å²) in [6.07, 6.45) is 3.91. The lowest BCUT2D eigenvalue weighted by molar-refractivity contribution is 1.35. The molecule has 0 saturated carbocycles. The molecule has 2 heteroatoms. The third-order valence-electron chi connectivity index (χ3n) is 5.15. The molecule has 0 atom stereocenters. The first-order valence-electron chi connectivity index (χ1n) is 9.40. The summed E-state index contributed by atoms with van der Waals surface area (Å²) in [7, 11) is 0. The van der Waals surface area contributed by atoms with Gasteiger partial charge in [0.05, 0.1) is 0 Å². The monoisotopic (exact) mass is 377 g/mol. The van der Waals surface area contributed by atoms with Gasteiger partial charge < -0.3 is 0 Å². The fourth-order valence-corrected chi connectivity index (χ4v) is 4.95. The van der Waals surface area contributed by atoms with Crippen molar-refractivity contribution in [3.05, 3.63) is 103 Å². The summed E-state index contributed by atoms with van der Waals surface area (Å²) in [6, 6.07) is 30.1. The summed E-state index contributed by atoms with van der Waals surface area (Å²) in [4.78, 5) is 7.01. The molecule has 0 aliphatic heterocycles. The van der Waals surface area contributed by atoms with Crippen LogP contribution in [0, 0.1) is 6.92 Å². The predicted molar refractivity (Wildman–Crippen MR) is 120 cm³/mol. The first kappa shape index (κ1) is 17.0. The van der Waals surface area contributed by atoms with Gasteiger partial charge in [0.15, 0.2) is 0 Å². The number of aromatic nitrogens is 1. The smallest absolute Gasteiger partial charge is 0.0353 e. The van der Waals surface area contributed by atoms with Gasteiger partial charge in [0, 0.05) is 27.6 Å². The summed E-state index contributed by atoms with van der Waals surface area (Å²) in [5, 5.41) is 5.01. The Bertz CT molecular complexity index is 1240. The van der Waals surface area contributed by atoms with Crippen LogP contribution < -0.4 is 0 Å². The van der Waals surface area contributed by atoms with Crippen LogP contribution in [0.5, 0.6) is 0 Å². The lowest BCUT2D eigenvalue weighted by atomic mass is 9.91. The van der Waals surface area contributed by atoms with Crippen LogP contribution in [-0.4, -0.2) is 4.98 Å². The summed E-state index contributed by atoms with van der Waals surface area (Å²) < 4.78 is 0. The number of pyridine rings is 1. The van der Waals surface area contributed by atoms with E-state index in [0.29, 0.717) is 0 Å². The van der Waals surface area contributed by atoms with Gasteiger partial charge in [-0.15, -0.1) is 0 Å². The van der Waals surface area contributed by atoms with E-state index in [1.807, 2.05) is 24.2 Å². The van der Waals surface area contributed by atoms with Gasteiger partial charge in [0.2, 0.25) is 0 Å². The average molecular weight is 378 g/mol. The van der Waals surface area contributed by atoms with Crippen molar-refractivity contribution in [2.45, 2.75) is 16.7 Å².